The largest absolute Gasteiger partial charge is 0.459 e. The van der Waals surface area contributed by atoms with Gasteiger partial charge in [0.15, 0.2) is 17.3 Å². The van der Waals surface area contributed by atoms with Crippen molar-refractivity contribution in [3.8, 4) is 11.5 Å². The highest BCUT2D eigenvalue weighted by Crippen LogP contribution is 2.49. The second kappa shape index (κ2) is 38.3. The molecule has 6 aromatic rings. The lowest BCUT2D eigenvalue weighted by Crippen LogP contribution is -2.31. The third kappa shape index (κ3) is 18.1. The molecule has 0 N–H and O–H groups in total. The van der Waals surface area contributed by atoms with Crippen molar-refractivity contribution in [1.82, 2.24) is 18.6 Å². The normalized spacial score (nSPS) is 14.5. The molecule has 10 heteroatoms. The van der Waals surface area contributed by atoms with Crippen LogP contribution in [0, 0.1) is 0 Å². The van der Waals surface area contributed by atoms with Gasteiger partial charge in [0.25, 0.3) is 22.9 Å². The van der Waals surface area contributed by atoms with E-state index >= 15 is 19.2 Å². The van der Waals surface area contributed by atoms with Crippen LogP contribution in [0.3, 0.4) is 0 Å². The van der Waals surface area contributed by atoms with Gasteiger partial charge in [-0.05, 0) is 116 Å². The molecule has 0 spiro atoms. The van der Waals surface area contributed by atoms with Crippen LogP contribution in [0.25, 0.3) is 44.7 Å². The van der Waals surface area contributed by atoms with Gasteiger partial charge in [0.05, 0.1) is 38.6 Å². The fraction of sp³-hybridized carbons (Fsp3) is 0.667. The van der Waals surface area contributed by atoms with E-state index in [1.165, 1.54) is 116 Å². The number of unbranched alkanes of at least 4 members (excludes halogenated alkanes) is 30. The van der Waals surface area contributed by atoms with Crippen LogP contribution in [0.5, 0.6) is 0 Å². The smallest absolute Gasteiger partial charge is 0.264 e. The van der Waals surface area contributed by atoms with Crippen molar-refractivity contribution in [2.24, 2.45) is 0 Å². The van der Waals surface area contributed by atoms with E-state index in [0.717, 1.165) is 175 Å². The van der Waals surface area contributed by atoms with Crippen LogP contribution >= 0.6 is 0 Å². The van der Waals surface area contributed by atoms with Crippen LogP contribution in [-0.4, -0.2) is 43.5 Å². The van der Waals surface area contributed by atoms with Gasteiger partial charge in [-0.3, -0.25) is 28.0 Å². The Morgan fingerprint density at radius 3 is 1.09 bits per heavy atom. The average Bonchev–Trinajstić information content (AvgIpc) is 1.40. The third-order valence-electron chi connectivity index (χ3n) is 21.2. The molecule has 2 unspecified atom stereocenters. The number of amides is 2. The number of aromatic nitrogens is 2. The molecular formula is C84H126N4O6. The lowest BCUT2D eigenvalue weighted by Gasteiger charge is -2.25. The SMILES string of the molecule is CCCCCCCCCCN1C(=O)C2=C(c3ccc(C(C)C)o3)N(CCCCCCCCCC)C(=O)C2=C1c1ccc(-c2ccc3c(C(CCCCCC)CCCCCCCC)c4c(=O)n5c(C(C)C)ccc5c(C(CCCCCC)CCCCCCCC)c4c(=O)n23)o1. The number of rotatable bonds is 49. The van der Waals surface area contributed by atoms with Crippen LogP contribution in [0.2, 0.25) is 0 Å². The molecule has 6 aromatic heterocycles. The third-order valence-corrected chi connectivity index (χ3v) is 21.2. The molecular weight excluding hydrogens is 1160 g/mol. The zero-order chi connectivity index (χ0) is 66.9. The number of furan rings is 2. The summed E-state index contributed by atoms with van der Waals surface area (Å²) in [5.74, 6) is 2.25. The predicted molar refractivity (Wildman–Crippen MR) is 396 cm³/mol. The Bertz CT molecular complexity index is 3490. The molecule has 0 aliphatic carbocycles. The van der Waals surface area contributed by atoms with Gasteiger partial charge < -0.3 is 18.6 Å². The molecule has 8 heterocycles. The number of carbonyl (C=O) groups excluding carboxylic acids is 2. The first-order chi connectivity index (χ1) is 45.9. The summed E-state index contributed by atoms with van der Waals surface area (Å²) in [6, 6.07) is 16.3. The van der Waals surface area contributed by atoms with Crippen LogP contribution in [0.4, 0.5) is 0 Å². The van der Waals surface area contributed by atoms with Crippen LogP contribution in [-0.2, 0) is 9.59 Å². The number of hydrogen-bond donors (Lipinski definition) is 0. The standard InChI is InChI=1S/C84H126N4O6/c1-11-17-23-29-33-35-39-45-59-85-79(71-57-55-69(93-71)62(9)10)77-78(82(85)90)80(86(81(77)89)60-46-40-36-34-30-24-18-12-2)72-58-56-70(94-72)66-52-54-68-74(64(48-42-28-22-16-6)50-44-38-32-26-20-14-4)75-76(84(92)88(66)68)73(67-53-51-65(61(7)8)87(67)83(75)91)63(47-41-27-21-15-5)49-43-37-31-25-19-13-3/h51-58,61-64H,11-50,59-60H2,1-10H3. The summed E-state index contributed by atoms with van der Waals surface area (Å²) in [5, 5.41) is 1.23. The predicted octanol–water partition coefficient (Wildman–Crippen LogP) is 24.3. The highest BCUT2D eigenvalue weighted by molar-refractivity contribution is 6.30. The van der Waals surface area contributed by atoms with E-state index in [-0.39, 0.29) is 46.6 Å². The molecule has 2 amide bonds. The second-order valence-electron chi connectivity index (χ2n) is 29.3. The Morgan fingerprint density at radius 2 is 0.681 bits per heavy atom. The van der Waals surface area contributed by atoms with E-state index in [1.807, 2.05) is 48.9 Å². The summed E-state index contributed by atoms with van der Waals surface area (Å²) in [5.41, 5.74) is 7.01. The van der Waals surface area contributed by atoms with E-state index in [9.17, 15) is 0 Å². The minimum absolute atomic E-state index is 0.0508. The summed E-state index contributed by atoms with van der Waals surface area (Å²) in [6.45, 7) is 23.1. The molecule has 2 atom stereocenters. The van der Waals surface area contributed by atoms with Crippen molar-refractivity contribution in [2.45, 2.75) is 350 Å². The first-order valence-electron chi connectivity index (χ1n) is 39.2. The fourth-order valence-electron chi connectivity index (χ4n) is 15.8. The molecule has 0 saturated carbocycles. The zero-order valence-electron chi connectivity index (χ0n) is 60.9. The van der Waals surface area contributed by atoms with Crippen molar-refractivity contribution in [3.05, 3.63) is 114 Å². The van der Waals surface area contributed by atoms with Crippen molar-refractivity contribution in [2.75, 3.05) is 13.1 Å². The molecule has 2 aliphatic heterocycles. The highest BCUT2D eigenvalue weighted by Gasteiger charge is 2.50. The van der Waals surface area contributed by atoms with Crippen molar-refractivity contribution >= 4 is 45.0 Å². The molecule has 0 bridgehead atoms. The van der Waals surface area contributed by atoms with Crippen LogP contribution in [0.15, 0.2) is 78.1 Å². The van der Waals surface area contributed by atoms with E-state index in [1.54, 1.807) is 0 Å². The summed E-state index contributed by atoms with van der Waals surface area (Å²) in [6.07, 6.45) is 45.0. The Labute approximate surface area is 567 Å². The molecule has 10 nitrogen and oxygen atoms in total. The fourth-order valence-corrected chi connectivity index (χ4v) is 15.8. The number of carbonyl (C=O) groups is 2. The maximum absolute atomic E-state index is 16.7. The number of fused-ring (bicyclic) bond motifs is 4. The van der Waals surface area contributed by atoms with E-state index in [0.29, 0.717) is 69.4 Å². The monoisotopic (exact) mass is 1290 g/mol. The average molecular weight is 1290 g/mol. The number of pyridine rings is 2. The quantitative estimate of drug-likeness (QED) is 0.0352. The number of nitrogens with zero attached hydrogens (tertiary/aromatic N) is 4. The van der Waals surface area contributed by atoms with Gasteiger partial charge in [-0.25, -0.2) is 0 Å². The minimum atomic E-state index is -0.194. The van der Waals surface area contributed by atoms with Crippen LogP contribution in [0.1, 0.15) is 384 Å². The van der Waals surface area contributed by atoms with Gasteiger partial charge in [0, 0.05) is 24.7 Å². The van der Waals surface area contributed by atoms with Gasteiger partial charge in [-0.2, -0.15) is 0 Å². The topological polar surface area (TPSA) is 110 Å². The van der Waals surface area contributed by atoms with Crippen molar-refractivity contribution in [1.29, 1.82) is 0 Å². The highest BCUT2D eigenvalue weighted by atomic mass is 16.3. The molecule has 0 radical (unpaired) electrons. The molecule has 518 valence electrons. The Morgan fingerprint density at radius 1 is 0.340 bits per heavy atom. The van der Waals surface area contributed by atoms with Gasteiger partial charge >= 0.3 is 0 Å². The maximum Gasteiger partial charge on any atom is 0.264 e. The summed E-state index contributed by atoms with van der Waals surface area (Å²) in [7, 11) is 0. The molecule has 0 aromatic carbocycles. The first-order valence-corrected chi connectivity index (χ1v) is 39.2. The molecule has 0 fully saturated rings. The zero-order valence-corrected chi connectivity index (χ0v) is 60.9. The van der Waals surface area contributed by atoms with Gasteiger partial charge in [0.1, 0.15) is 17.2 Å². The van der Waals surface area contributed by atoms with Crippen LogP contribution < -0.4 is 11.1 Å². The van der Waals surface area contributed by atoms with E-state index in [4.69, 9.17) is 8.83 Å². The van der Waals surface area contributed by atoms with E-state index in [2.05, 4.69) is 87.4 Å². The van der Waals surface area contributed by atoms with Gasteiger partial charge in [-0.15, -0.1) is 0 Å². The lowest BCUT2D eigenvalue weighted by molar-refractivity contribution is -0.124. The Balaban J connectivity index is 1.34. The van der Waals surface area contributed by atoms with Crippen molar-refractivity contribution in [3.63, 3.8) is 0 Å². The minimum Gasteiger partial charge on any atom is -0.459 e. The molecule has 94 heavy (non-hydrogen) atoms. The molecule has 2 aliphatic rings. The van der Waals surface area contributed by atoms with Crippen molar-refractivity contribution < 1.29 is 18.4 Å². The van der Waals surface area contributed by atoms with Gasteiger partial charge in [0.2, 0.25) is 0 Å². The maximum atomic E-state index is 16.7. The second-order valence-corrected chi connectivity index (χ2v) is 29.3. The Hall–Kier alpha value is -5.64. The van der Waals surface area contributed by atoms with E-state index < -0.39 is 0 Å². The summed E-state index contributed by atoms with van der Waals surface area (Å²) < 4.78 is 17.8. The first kappa shape index (κ1) is 74.2. The Kier molecular flexibility index (Phi) is 30.2. The number of hydrogen-bond acceptors (Lipinski definition) is 6. The molecule has 8 rings (SSSR count). The van der Waals surface area contributed by atoms with Gasteiger partial charge in [-0.1, -0.05) is 288 Å². The lowest BCUT2D eigenvalue weighted by atomic mass is 9.82. The summed E-state index contributed by atoms with van der Waals surface area (Å²) >= 11 is 0. The molecule has 0 saturated heterocycles. The summed E-state index contributed by atoms with van der Waals surface area (Å²) in [4.78, 5) is 67.9.